The van der Waals surface area contributed by atoms with E-state index in [9.17, 15) is 0 Å². The fraction of sp³-hybridized carbons (Fsp3) is 0.375. The van der Waals surface area contributed by atoms with Crippen LogP contribution in [0.4, 0.5) is 5.95 Å². The predicted octanol–water partition coefficient (Wildman–Crippen LogP) is 1.80. The summed E-state index contributed by atoms with van der Waals surface area (Å²) in [6.07, 6.45) is 1.87. The molecule has 0 bridgehead atoms. The van der Waals surface area contributed by atoms with Gasteiger partial charge in [-0.25, -0.2) is 9.97 Å². The van der Waals surface area contributed by atoms with Crippen molar-refractivity contribution in [2.45, 2.75) is 0 Å². The number of benzene rings is 1. The smallest absolute Gasteiger partial charge is 0.225 e. The van der Waals surface area contributed by atoms with Crippen LogP contribution in [0.1, 0.15) is 0 Å². The molecule has 2 aromatic rings. The number of aromatic nitrogens is 2. The van der Waals surface area contributed by atoms with Gasteiger partial charge in [-0.2, -0.15) is 0 Å². The Kier molecular flexibility index (Phi) is 2.89. The quantitative estimate of drug-likeness (QED) is 0.900. The van der Waals surface area contributed by atoms with Gasteiger partial charge in [-0.3, -0.25) is 0 Å². The van der Waals surface area contributed by atoms with Crippen molar-refractivity contribution in [3.63, 3.8) is 0 Å². The fourth-order valence-electron chi connectivity index (χ4n) is 3.29. The van der Waals surface area contributed by atoms with Crippen molar-refractivity contribution in [2.75, 3.05) is 31.1 Å². The monoisotopic (exact) mass is 266 g/mol. The maximum atomic E-state index is 4.75. The number of anilines is 1. The van der Waals surface area contributed by atoms with Gasteiger partial charge >= 0.3 is 0 Å². The van der Waals surface area contributed by atoms with E-state index >= 15 is 0 Å². The molecule has 4 nitrogen and oxygen atoms in total. The summed E-state index contributed by atoms with van der Waals surface area (Å²) in [6, 6.07) is 12.3. The molecule has 0 spiro atoms. The third kappa shape index (κ3) is 2.06. The zero-order valence-electron chi connectivity index (χ0n) is 11.4. The van der Waals surface area contributed by atoms with E-state index in [-0.39, 0.29) is 0 Å². The van der Waals surface area contributed by atoms with Gasteiger partial charge in [0.25, 0.3) is 0 Å². The second-order valence-corrected chi connectivity index (χ2v) is 5.69. The molecule has 0 saturated carbocycles. The molecule has 4 heteroatoms. The maximum absolute atomic E-state index is 4.75. The summed E-state index contributed by atoms with van der Waals surface area (Å²) in [4.78, 5) is 11.6. The maximum Gasteiger partial charge on any atom is 0.225 e. The van der Waals surface area contributed by atoms with Crippen LogP contribution in [-0.2, 0) is 0 Å². The van der Waals surface area contributed by atoms with E-state index in [4.69, 9.17) is 4.98 Å². The average molecular weight is 266 g/mol. The van der Waals surface area contributed by atoms with E-state index in [0.29, 0.717) is 0 Å². The van der Waals surface area contributed by atoms with Crippen molar-refractivity contribution in [1.29, 1.82) is 0 Å². The van der Waals surface area contributed by atoms with Crippen LogP contribution >= 0.6 is 0 Å². The van der Waals surface area contributed by atoms with Crippen LogP contribution in [0.2, 0.25) is 0 Å². The summed E-state index contributed by atoms with van der Waals surface area (Å²) < 4.78 is 0. The lowest BCUT2D eigenvalue weighted by atomic mass is 10.0. The van der Waals surface area contributed by atoms with Crippen LogP contribution < -0.4 is 10.2 Å². The van der Waals surface area contributed by atoms with Gasteiger partial charge in [0.15, 0.2) is 0 Å². The van der Waals surface area contributed by atoms with Gasteiger partial charge < -0.3 is 10.2 Å². The largest absolute Gasteiger partial charge is 0.340 e. The summed E-state index contributed by atoms with van der Waals surface area (Å²) in [5, 5.41) is 3.47. The normalized spacial score (nSPS) is 24.9. The van der Waals surface area contributed by atoms with E-state index in [2.05, 4.69) is 27.3 Å². The Hall–Kier alpha value is -1.94. The minimum atomic E-state index is 0.763. The van der Waals surface area contributed by atoms with E-state index in [0.717, 1.165) is 55.2 Å². The molecule has 1 aromatic carbocycles. The van der Waals surface area contributed by atoms with Gasteiger partial charge in [-0.05, 0) is 17.9 Å². The molecule has 3 heterocycles. The van der Waals surface area contributed by atoms with E-state index in [1.165, 1.54) is 0 Å². The lowest BCUT2D eigenvalue weighted by Crippen LogP contribution is -2.27. The molecule has 2 saturated heterocycles. The molecular formula is C16H18N4. The molecular weight excluding hydrogens is 248 g/mol. The summed E-state index contributed by atoms with van der Waals surface area (Å²) in [5.74, 6) is 2.40. The minimum absolute atomic E-state index is 0.763. The zero-order chi connectivity index (χ0) is 13.4. The number of hydrogen-bond donors (Lipinski definition) is 1. The van der Waals surface area contributed by atoms with Crippen LogP contribution in [0.15, 0.2) is 42.6 Å². The third-order valence-electron chi connectivity index (χ3n) is 4.38. The zero-order valence-corrected chi connectivity index (χ0v) is 11.4. The molecule has 0 radical (unpaired) electrons. The first-order chi connectivity index (χ1) is 9.90. The average Bonchev–Trinajstić information content (AvgIpc) is 3.10. The first-order valence-electron chi connectivity index (χ1n) is 7.24. The van der Waals surface area contributed by atoms with Gasteiger partial charge in [0.2, 0.25) is 5.95 Å². The predicted molar refractivity (Wildman–Crippen MR) is 79.5 cm³/mol. The van der Waals surface area contributed by atoms with Gasteiger partial charge in [0.1, 0.15) is 0 Å². The summed E-state index contributed by atoms with van der Waals surface area (Å²) in [6.45, 7) is 4.44. The summed E-state index contributed by atoms with van der Waals surface area (Å²) in [7, 11) is 0. The molecule has 2 fully saturated rings. The van der Waals surface area contributed by atoms with Crippen LogP contribution in [0.25, 0.3) is 11.3 Å². The third-order valence-corrected chi connectivity index (χ3v) is 4.38. The highest BCUT2D eigenvalue weighted by molar-refractivity contribution is 5.60. The van der Waals surface area contributed by atoms with Gasteiger partial charge in [-0.15, -0.1) is 0 Å². The highest BCUT2D eigenvalue weighted by Gasteiger charge is 2.37. The Morgan fingerprint density at radius 3 is 2.50 bits per heavy atom. The Balaban J connectivity index is 1.61. The molecule has 2 unspecified atom stereocenters. The minimum Gasteiger partial charge on any atom is -0.340 e. The molecule has 1 aromatic heterocycles. The Bertz CT molecular complexity index is 586. The highest BCUT2D eigenvalue weighted by atomic mass is 15.3. The Labute approximate surface area is 118 Å². The van der Waals surface area contributed by atoms with E-state index in [1.807, 2.05) is 30.5 Å². The van der Waals surface area contributed by atoms with Gasteiger partial charge in [0, 0.05) is 37.9 Å². The number of fused-ring (bicyclic) bond motifs is 1. The van der Waals surface area contributed by atoms with Crippen molar-refractivity contribution < 1.29 is 0 Å². The van der Waals surface area contributed by atoms with Crippen LogP contribution in [-0.4, -0.2) is 36.1 Å². The van der Waals surface area contributed by atoms with Gasteiger partial charge in [-0.1, -0.05) is 30.3 Å². The summed E-state index contributed by atoms with van der Waals surface area (Å²) in [5.41, 5.74) is 2.16. The number of nitrogens with zero attached hydrogens (tertiary/aromatic N) is 3. The molecule has 102 valence electrons. The summed E-state index contributed by atoms with van der Waals surface area (Å²) >= 11 is 0. The van der Waals surface area contributed by atoms with Crippen molar-refractivity contribution in [3.8, 4) is 11.3 Å². The Morgan fingerprint density at radius 2 is 1.75 bits per heavy atom. The number of rotatable bonds is 2. The lowest BCUT2D eigenvalue weighted by Gasteiger charge is -2.17. The highest BCUT2D eigenvalue weighted by Crippen LogP contribution is 2.29. The molecule has 2 aliphatic rings. The van der Waals surface area contributed by atoms with E-state index < -0.39 is 0 Å². The van der Waals surface area contributed by atoms with Crippen LogP contribution in [0.5, 0.6) is 0 Å². The van der Waals surface area contributed by atoms with Crippen molar-refractivity contribution >= 4 is 5.95 Å². The molecule has 1 N–H and O–H groups in total. The first kappa shape index (κ1) is 11.9. The fourth-order valence-corrected chi connectivity index (χ4v) is 3.29. The van der Waals surface area contributed by atoms with Gasteiger partial charge in [0.05, 0.1) is 5.69 Å². The standard InChI is InChI=1S/C16H18N4/c1-2-4-12(5-3-1)15-6-7-18-16(19-15)20-10-13-8-17-9-14(13)11-20/h1-7,13-14,17H,8-11H2. The lowest BCUT2D eigenvalue weighted by molar-refractivity contribution is 0.533. The second kappa shape index (κ2) is 4.87. The number of hydrogen-bond acceptors (Lipinski definition) is 4. The topological polar surface area (TPSA) is 41.1 Å². The first-order valence-corrected chi connectivity index (χ1v) is 7.24. The Morgan fingerprint density at radius 1 is 1.00 bits per heavy atom. The molecule has 2 aliphatic heterocycles. The van der Waals surface area contributed by atoms with Crippen LogP contribution in [0, 0.1) is 11.8 Å². The SMILES string of the molecule is c1ccc(-c2ccnc(N3CC4CNCC4C3)n2)cc1. The number of nitrogens with one attached hydrogen (secondary N) is 1. The van der Waals surface area contributed by atoms with Crippen molar-refractivity contribution in [1.82, 2.24) is 15.3 Å². The molecule has 0 amide bonds. The van der Waals surface area contributed by atoms with Crippen molar-refractivity contribution in [2.24, 2.45) is 11.8 Å². The van der Waals surface area contributed by atoms with Crippen LogP contribution in [0.3, 0.4) is 0 Å². The van der Waals surface area contributed by atoms with Crippen molar-refractivity contribution in [3.05, 3.63) is 42.6 Å². The molecule has 20 heavy (non-hydrogen) atoms. The second-order valence-electron chi connectivity index (χ2n) is 5.69. The molecule has 4 rings (SSSR count). The molecule has 2 atom stereocenters. The molecule has 0 aliphatic carbocycles. The van der Waals surface area contributed by atoms with E-state index in [1.54, 1.807) is 0 Å².